The van der Waals surface area contributed by atoms with Crippen LogP contribution in [0.1, 0.15) is 102 Å². The minimum atomic E-state index is -0.804. The van der Waals surface area contributed by atoms with Gasteiger partial charge < -0.3 is 20.3 Å². The van der Waals surface area contributed by atoms with Crippen molar-refractivity contribution < 1.29 is 19.1 Å². The molecule has 1 aromatic rings. The van der Waals surface area contributed by atoms with Crippen LogP contribution in [0.4, 0.5) is 4.79 Å². The fourth-order valence-electron chi connectivity index (χ4n) is 5.00. The number of nitrogens with one attached hydrogen (secondary N) is 2. The Morgan fingerprint density at radius 1 is 1.13 bits per heavy atom. The van der Waals surface area contributed by atoms with Crippen LogP contribution in [0.2, 0.25) is 0 Å². The first kappa shape index (κ1) is 32.0. The predicted octanol–water partition coefficient (Wildman–Crippen LogP) is 6.07. The lowest BCUT2D eigenvalue weighted by Crippen LogP contribution is -2.56. The second-order valence-corrected chi connectivity index (χ2v) is 12.6. The molecule has 1 aromatic carbocycles. The number of carbonyl (C=O) groups is 3. The first-order valence-electron chi connectivity index (χ1n) is 14.1. The number of benzene rings is 1. The van der Waals surface area contributed by atoms with Crippen LogP contribution in [0.5, 0.6) is 0 Å². The van der Waals surface area contributed by atoms with E-state index in [9.17, 15) is 14.4 Å². The van der Waals surface area contributed by atoms with Crippen LogP contribution in [0.15, 0.2) is 18.2 Å². The molecular weight excluding hydrogens is 498 g/mol. The molecule has 0 heterocycles. The van der Waals surface area contributed by atoms with E-state index in [4.69, 9.17) is 4.74 Å². The van der Waals surface area contributed by atoms with Crippen molar-refractivity contribution in [2.75, 3.05) is 12.0 Å². The van der Waals surface area contributed by atoms with E-state index >= 15 is 0 Å². The van der Waals surface area contributed by atoms with Crippen LogP contribution >= 0.6 is 11.8 Å². The van der Waals surface area contributed by atoms with E-state index in [0.29, 0.717) is 18.6 Å². The normalized spacial score (nSPS) is 16.7. The number of thioether (sulfide) groups is 1. The molecule has 3 atom stereocenters. The Kier molecular flexibility index (Phi) is 12.5. The number of hydrogen-bond donors (Lipinski definition) is 2. The van der Waals surface area contributed by atoms with Gasteiger partial charge in [-0.05, 0) is 90.4 Å². The van der Waals surface area contributed by atoms with Crippen molar-refractivity contribution in [2.24, 2.45) is 0 Å². The van der Waals surface area contributed by atoms with E-state index in [1.54, 1.807) is 37.4 Å². The van der Waals surface area contributed by atoms with Crippen molar-refractivity contribution in [1.82, 2.24) is 15.5 Å². The molecule has 0 saturated heterocycles. The molecule has 214 valence electrons. The fraction of sp³-hybridized carbons (Fsp3) is 0.700. The zero-order chi connectivity index (χ0) is 28.5. The minimum absolute atomic E-state index is 0.116. The molecule has 2 N–H and O–H groups in total. The standard InChI is InChI=1S/C30H49N3O4S/c1-9-22(4)33(28(35)25(17-18-38-8)32-29(36)37-30(5,6)7)26(24-16-15-20(2)19-21(24)3)27(34)31-23-13-11-10-12-14-23/h15-16,19,22-23,25-26H,9-14,17-18H2,1-8H3,(H,31,34)(H,32,36). The van der Waals surface area contributed by atoms with Gasteiger partial charge in [0.2, 0.25) is 11.8 Å². The molecule has 0 bridgehead atoms. The van der Waals surface area contributed by atoms with Crippen LogP contribution in [0.3, 0.4) is 0 Å². The quantitative estimate of drug-likeness (QED) is 0.351. The first-order chi connectivity index (χ1) is 17.9. The summed E-state index contributed by atoms with van der Waals surface area (Å²) in [5.41, 5.74) is 2.20. The summed E-state index contributed by atoms with van der Waals surface area (Å²) in [6, 6.07) is 4.32. The molecule has 3 amide bonds. The van der Waals surface area contributed by atoms with Crippen molar-refractivity contribution >= 4 is 29.7 Å². The Morgan fingerprint density at radius 3 is 2.34 bits per heavy atom. The molecule has 1 fully saturated rings. The molecule has 8 heteroatoms. The third kappa shape index (κ3) is 9.51. The Hall–Kier alpha value is -2.22. The monoisotopic (exact) mass is 547 g/mol. The van der Waals surface area contributed by atoms with Gasteiger partial charge in [-0.15, -0.1) is 0 Å². The number of aryl methyl sites for hydroxylation is 2. The maximum Gasteiger partial charge on any atom is 0.408 e. The minimum Gasteiger partial charge on any atom is -0.444 e. The zero-order valence-corrected chi connectivity index (χ0v) is 25.5. The number of amides is 3. The number of nitrogens with zero attached hydrogens (tertiary/aromatic N) is 1. The summed E-state index contributed by atoms with van der Waals surface area (Å²) in [6.45, 7) is 13.4. The van der Waals surface area contributed by atoms with Crippen LogP contribution in [-0.2, 0) is 14.3 Å². The van der Waals surface area contributed by atoms with E-state index in [2.05, 4.69) is 16.7 Å². The van der Waals surface area contributed by atoms with Crippen molar-refractivity contribution in [3.05, 3.63) is 34.9 Å². The third-order valence-electron chi connectivity index (χ3n) is 7.12. The van der Waals surface area contributed by atoms with E-state index in [1.807, 2.05) is 46.1 Å². The maximum absolute atomic E-state index is 14.3. The molecule has 7 nitrogen and oxygen atoms in total. The average Bonchev–Trinajstić information content (AvgIpc) is 2.84. The van der Waals surface area contributed by atoms with Crippen molar-refractivity contribution in [2.45, 2.75) is 123 Å². The summed E-state index contributed by atoms with van der Waals surface area (Å²) in [7, 11) is 0. The Labute approximate surface area is 234 Å². The highest BCUT2D eigenvalue weighted by atomic mass is 32.2. The molecule has 0 spiro atoms. The van der Waals surface area contributed by atoms with Crippen molar-refractivity contribution in [3.63, 3.8) is 0 Å². The van der Waals surface area contributed by atoms with E-state index in [1.165, 1.54) is 6.42 Å². The number of ether oxygens (including phenoxy) is 1. The van der Waals surface area contributed by atoms with Gasteiger partial charge in [0, 0.05) is 12.1 Å². The summed E-state index contributed by atoms with van der Waals surface area (Å²) in [5, 5.41) is 6.10. The van der Waals surface area contributed by atoms with Gasteiger partial charge >= 0.3 is 6.09 Å². The smallest absolute Gasteiger partial charge is 0.408 e. The number of hydrogen-bond acceptors (Lipinski definition) is 5. The molecule has 0 aliphatic heterocycles. The van der Waals surface area contributed by atoms with Crippen molar-refractivity contribution in [3.8, 4) is 0 Å². The van der Waals surface area contributed by atoms with Crippen LogP contribution in [-0.4, -0.2) is 58.5 Å². The largest absolute Gasteiger partial charge is 0.444 e. The van der Waals surface area contributed by atoms with E-state index < -0.39 is 23.8 Å². The van der Waals surface area contributed by atoms with Gasteiger partial charge in [-0.2, -0.15) is 11.8 Å². The van der Waals surface area contributed by atoms with Gasteiger partial charge in [0.25, 0.3) is 0 Å². The lowest BCUT2D eigenvalue weighted by molar-refractivity contribution is -0.145. The SMILES string of the molecule is CCC(C)N(C(=O)C(CCSC)NC(=O)OC(C)(C)C)C(C(=O)NC1CCCCC1)c1ccc(C)cc1C. The van der Waals surface area contributed by atoms with Gasteiger partial charge in [0.05, 0.1) is 0 Å². The van der Waals surface area contributed by atoms with Crippen LogP contribution in [0, 0.1) is 13.8 Å². The van der Waals surface area contributed by atoms with Gasteiger partial charge in [0.1, 0.15) is 17.7 Å². The third-order valence-corrected chi connectivity index (χ3v) is 7.76. The fourth-order valence-corrected chi connectivity index (χ4v) is 5.47. The van der Waals surface area contributed by atoms with Crippen LogP contribution in [0.25, 0.3) is 0 Å². The molecule has 1 aliphatic rings. The van der Waals surface area contributed by atoms with E-state index in [-0.39, 0.29) is 23.9 Å². The van der Waals surface area contributed by atoms with Crippen LogP contribution < -0.4 is 10.6 Å². The molecule has 0 aromatic heterocycles. The highest BCUT2D eigenvalue weighted by Crippen LogP contribution is 2.30. The predicted molar refractivity (Wildman–Crippen MR) is 156 cm³/mol. The highest BCUT2D eigenvalue weighted by molar-refractivity contribution is 7.98. The second-order valence-electron chi connectivity index (χ2n) is 11.6. The molecule has 3 unspecified atom stereocenters. The number of rotatable bonds is 11. The van der Waals surface area contributed by atoms with E-state index in [0.717, 1.165) is 42.4 Å². The van der Waals surface area contributed by atoms with Gasteiger partial charge in [0.15, 0.2) is 0 Å². The summed E-state index contributed by atoms with van der Waals surface area (Å²) < 4.78 is 5.48. The molecule has 1 aliphatic carbocycles. The second kappa shape index (κ2) is 14.8. The number of carbonyl (C=O) groups excluding carboxylic acids is 3. The number of alkyl carbamates (subject to hydrolysis) is 1. The summed E-state index contributed by atoms with van der Waals surface area (Å²) in [6.07, 6.45) is 7.76. The molecular formula is C30H49N3O4S. The van der Waals surface area contributed by atoms with Gasteiger partial charge in [-0.1, -0.05) is 49.9 Å². The van der Waals surface area contributed by atoms with Gasteiger partial charge in [-0.3, -0.25) is 9.59 Å². The zero-order valence-electron chi connectivity index (χ0n) is 24.7. The Balaban J connectivity index is 2.51. The summed E-state index contributed by atoms with van der Waals surface area (Å²) >= 11 is 1.61. The van der Waals surface area contributed by atoms with Crippen molar-refractivity contribution in [1.29, 1.82) is 0 Å². The summed E-state index contributed by atoms with van der Waals surface area (Å²) in [5.74, 6) is 0.268. The lowest BCUT2D eigenvalue weighted by Gasteiger charge is -2.39. The maximum atomic E-state index is 14.3. The summed E-state index contributed by atoms with van der Waals surface area (Å²) in [4.78, 5) is 42.8. The highest BCUT2D eigenvalue weighted by Gasteiger charge is 2.39. The average molecular weight is 548 g/mol. The molecule has 38 heavy (non-hydrogen) atoms. The Morgan fingerprint density at radius 2 is 1.79 bits per heavy atom. The first-order valence-corrected chi connectivity index (χ1v) is 15.5. The molecule has 1 saturated carbocycles. The lowest BCUT2D eigenvalue weighted by atomic mass is 9.92. The topological polar surface area (TPSA) is 87.7 Å². The Bertz CT molecular complexity index is 940. The molecule has 2 rings (SSSR count). The molecule has 0 radical (unpaired) electrons. The van der Waals surface area contributed by atoms with Gasteiger partial charge in [-0.25, -0.2) is 4.79 Å².